The molecule has 1 heterocycles. The second-order valence-corrected chi connectivity index (χ2v) is 6.04. The normalized spacial score (nSPS) is 16.9. The minimum atomic E-state index is 0.552. The smallest absolute Gasteiger partial charge is 0.186 e. The first kappa shape index (κ1) is 13.8. The van der Waals surface area contributed by atoms with Gasteiger partial charge in [0.05, 0.1) is 12.3 Å². The van der Waals surface area contributed by atoms with Crippen LogP contribution in [0.4, 0.5) is 5.13 Å². The summed E-state index contributed by atoms with van der Waals surface area (Å²) in [6.45, 7) is 6.57. The first-order chi connectivity index (χ1) is 8.67. The third kappa shape index (κ3) is 3.02. The summed E-state index contributed by atoms with van der Waals surface area (Å²) >= 11 is 1.73. The van der Waals surface area contributed by atoms with Crippen molar-refractivity contribution in [2.75, 3.05) is 25.2 Å². The first-order valence-electron chi connectivity index (χ1n) is 6.59. The monoisotopic (exact) mass is 269 g/mol. The zero-order valence-corrected chi connectivity index (χ0v) is 12.3. The van der Waals surface area contributed by atoms with Gasteiger partial charge in [0.25, 0.3) is 0 Å². The maximum atomic E-state index is 5.74. The molecule has 18 heavy (non-hydrogen) atoms. The maximum Gasteiger partial charge on any atom is 0.186 e. The van der Waals surface area contributed by atoms with E-state index in [-0.39, 0.29) is 0 Å². The number of aromatic nitrogens is 1. The molecule has 0 aromatic carbocycles. The van der Waals surface area contributed by atoms with Crippen LogP contribution in [0.25, 0.3) is 0 Å². The lowest BCUT2D eigenvalue weighted by Crippen LogP contribution is -2.37. The highest BCUT2D eigenvalue weighted by Gasteiger charge is 2.33. The average molecular weight is 269 g/mol. The highest BCUT2D eigenvalue weighted by Crippen LogP contribution is 2.38. The predicted molar refractivity (Wildman–Crippen MR) is 76.2 cm³/mol. The van der Waals surface area contributed by atoms with Crippen molar-refractivity contribution >= 4 is 16.5 Å². The molecule has 0 aliphatic heterocycles. The Bertz CT molecular complexity index is 390. The number of ether oxygens (including phenoxy) is 1. The molecule has 1 aliphatic rings. The number of nitrogens with zero attached hydrogens (tertiary/aromatic N) is 2. The first-order valence-corrected chi connectivity index (χ1v) is 7.41. The van der Waals surface area contributed by atoms with Gasteiger partial charge in [-0.15, -0.1) is 11.3 Å². The number of methoxy groups -OCH3 is 1. The van der Waals surface area contributed by atoms with E-state index in [1.165, 1.54) is 17.7 Å². The van der Waals surface area contributed by atoms with Crippen LogP contribution in [-0.4, -0.2) is 31.3 Å². The average Bonchev–Trinajstić information content (AvgIpc) is 3.14. The summed E-state index contributed by atoms with van der Waals surface area (Å²) in [5.74, 6) is 0.826. The van der Waals surface area contributed by atoms with E-state index in [2.05, 4.69) is 16.8 Å². The number of aryl methyl sites for hydroxylation is 1. The van der Waals surface area contributed by atoms with Crippen LogP contribution in [0.1, 0.15) is 30.3 Å². The summed E-state index contributed by atoms with van der Waals surface area (Å²) in [7, 11) is 1.75. The van der Waals surface area contributed by atoms with Gasteiger partial charge in [0.2, 0.25) is 0 Å². The van der Waals surface area contributed by atoms with Crippen LogP contribution in [0, 0.1) is 12.8 Å². The van der Waals surface area contributed by atoms with Crippen molar-refractivity contribution < 1.29 is 4.74 Å². The van der Waals surface area contributed by atoms with Gasteiger partial charge in [0.1, 0.15) is 0 Å². The summed E-state index contributed by atoms with van der Waals surface area (Å²) in [5.41, 5.74) is 6.81. The van der Waals surface area contributed by atoms with E-state index in [1.54, 1.807) is 18.4 Å². The van der Waals surface area contributed by atoms with Gasteiger partial charge in [-0.3, -0.25) is 0 Å². The van der Waals surface area contributed by atoms with Crippen LogP contribution in [0.5, 0.6) is 0 Å². The van der Waals surface area contributed by atoms with E-state index in [4.69, 9.17) is 10.5 Å². The van der Waals surface area contributed by atoms with Gasteiger partial charge in [-0.05, 0) is 32.6 Å². The number of hydrogen-bond donors (Lipinski definition) is 1. The fraction of sp³-hybridized carbons (Fsp3) is 0.769. The topological polar surface area (TPSA) is 51.4 Å². The minimum absolute atomic E-state index is 0.552. The zero-order chi connectivity index (χ0) is 13.1. The molecule has 0 spiro atoms. The van der Waals surface area contributed by atoms with Crippen LogP contribution in [0.2, 0.25) is 0 Å². The molecule has 2 N–H and O–H groups in total. The molecule has 1 aromatic heterocycles. The summed E-state index contributed by atoms with van der Waals surface area (Å²) < 4.78 is 5.22. The largest absolute Gasteiger partial charge is 0.383 e. The Hall–Kier alpha value is -0.650. The standard InChI is InChI=1S/C13H23N3OS/c1-9-12(8-14)18-13(15-9)16(6-7-17-3)10(2)11-4-5-11/h10-11H,4-8,14H2,1-3H3. The minimum Gasteiger partial charge on any atom is -0.383 e. The molecule has 1 aliphatic carbocycles. The highest BCUT2D eigenvalue weighted by molar-refractivity contribution is 7.15. The Morgan fingerprint density at radius 3 is 2.78 bits per heavy atom. The van der Waals surface area contributed by atoms with Gasteiger partial charge in [-0.25, -0.2) is 4.98 Å². The fourth-order valence-electron chi connectivity index (χ4n) is 2.22. The van der Waals surface area contributed by atoms with Crippen LogP contribution in [-0.2, 0) is 11.3 Å². The zero-order valence-electron chi connectivity index (χ0n) is 11.5. The summed E-state index contributed by atoms with van der Waals surface area (Å²) in [5, 5.41) is 1.10. The second-order valence-electron chi connectivity index (χ2n) is 4.97. The molecular weight excluding hydrogens is 246 g/mol. The van der Waals surface area contributed by atoms with E-state index < -0.39 is 0 Å². The summed E-state index contributed by atoms with van der Waals surface area (Å²) in [6.07, 6.45) is 2.69. The van der Waals surface area contributed by atoms with Crippen LogP contribution < -0.4 is 10.6 Å². The number of rotatable bonds is 7. The lowest BCUT2D eigenvalue weighted by molar-refractivity contribution is 0.202. The van der Waals surface area contributed by atoms with Crippen molar-refractivity contribution in [2.45, 2.75) is 39.3 Å². The van der Waals surface area contributed by atoms with Crippen LogP contribution in [0.3, 0.4) is 0 Å². The van der Waals surface area contributed by atoms with E-state index in [0.29, 0.717) is 12.6 Å². The fourth-order valence-corrected chi connectivity index (χ4v) is 3.28. The predicted octanol–water partition coefficient (Wildman–Crippen LogP) is 2.16. The molecule has 1 unspecified atom stereocenters. The molecule has 1 atom stereocenters. The Kier molecular flexibility index (Phi) is 4.59. The van der Waals surface area contributed by atoms with E-state index in [0.717, 1.165) is 29.9 Å². The van der Waals surface area contributed by atoms with E-state index >= 15 is 0 Å². The highest BCUT2D eigenvalue weighted by atomic mass is 32.1. The summed E-state index contributed by atoms with van der Waals surface area (Å²) in [4.78, 5) is 8.25. The van der Waals surface area contributed by atoms with Crippen LogP contribution >= 0.6 is 11.3 Å². The van der Waals surface area contributed by atoms with Crippen molar-refractivity contribution in [1.29, 1.82) is 0 Å². The molecule has 5 heteroatoms. The van der Waals surface area contributed by atoms with Crippen molar-refractivity contribution in [1.82, 2.24) is 4.98 Å². The maximum absolute atomic E-state index is 5.74. The second kappa shape index (κ2) is 5.99. The number of anilines is 1. The quantitative estimate of drug-likeness (QED) is 0.824. The third-order valence-electron chi connectivity index (χ3n) is 3.64. The number of nitrogens with two attached hydrogens (primary N) is 1. The van der Waals surface area contributed by atoms with Crippen molar-refractivity contribution in [3.8, 4) is 0 Å². The molecule has 1 saturated carbocycles. The molecular formula is C13H23N3OS. The van der Waals surface area contributed by atoms with E-state index in [9.17, 15) is 0 Å². The van der Waals surface area contributed by atoms with Crippen molar-refractivity contribution in [2.24, 2.45) is 11.7 Å². The SMILES string of the molecule is COCCN(c1nc(C)c(CN)s1)C(C)C1CC1. The Morgan fingerprint density at radius 2 is 2.28 bits per heavy atom. The Balaban J connectivity index is 2.14. The molecule has 4 nitrogen and oxygen atoms in total. The third-order valence-corrected chi connectivity index (χ3v) is 4.86. The van der Waals surface area contributed by atoms with Gasteiger partial charge in [0.15, 0.2) is 5.13 Å². The number of hydrogen-bond acceptors (Lipinski definition) is 5. The molecule has 0 saturated heterocycles. The molecule has 102 valence electrons. The van der Waals surface area contributed by atoms with Gasteiger partial charge in [0, 0.05) is 31.1 Å². The van der Waals surface area contributed by atoms with Crippen molar-refractivity contribution in [3.05, 3.63) is 10.6 Å². The lowest BCUT2D eigenvalue weighted by Gasteiger charge is -2.28. The molecule has 1 aromatic rings. The van der Waals surface area contributed by atoms with Gasteiger partial charge in [-0.2, -0.15) is 0 Å². The molecule has 0 bridgehead atoms. The van der Waals surface area contributed by atoms with E-state index in [1.807, 2.05) is 6.92 Å². The number of thiazole rings is 1. The van der Waals surface area contributed by atoms with Gasteiger partial charge < -0.3 is 15.4 Å². The van der Waals surface area contributed by atoms with Crippen molar-refractivity contribution in [3.63, 3.8) is 0 Å². The molecule has 0 radical (unpaired) electrons. The molecule has 1 fully saturated rings. The summed E-state index contributed by atoms with van der Waals surface area (Å²) in [6, 6.07) is 0.552. The Morgan fingerprint density at radius 1 is 1.56 bits per heavy atom. The molecule has 2 rings (SSSR count). The van der Waals surface area contributed by atoms with Gasteiger partial charge >= 0.3 is 0 Å². The molecule has 0 amide bonds. The lowest BCUT2D eigenvalue weighted by atomic mass is 10.2. The Labute approximate surface area is 113 Å². The van der Waals surface area contributed by atoms with Gasteiger partial charge in [-0.1, -0.05) is 0 Å². The van der Waals surface area contributed by atoms with Crippen LogP contribution in [0.15, 0.2) is 0 Å².